The van der Waals surface area contributed by atoms with Crippen LogP contribution in [0.3, 0.4) is 0 Å². The lowest BCUT2D eigenvalue weighted by molar-refractivity contribution is -0.138. The van der Waals surface area contributed by atoms with Gasteiger partial charge in [-0.2, -0.15) is 0 Å². The van der Waals surface area contributed by atoms with Gasteiger partial charge in [0.15, 0.2) is 0 Å². The molecule has 0 spiro atoms. The Morgan fingerprint density at radius 3 is 2.78 bits per heavy atom. The minimum atomic E-state index is -1.01. The Morgan fingerprint density at radius 2 is 2.11 bits per heavy atom. The zero-order valence-corrected chi connectivity index (χ0v) is 9.95. The number of carbonyl (C=O) groups is 1. The second-order valence-corrected chi connectivity index (χ2v) is 3.71. The number of carboxylic acids is 1. The summed E-state index contributed by atoms with van der Waals surface area (Å²) in [4.78, 5) is 10.8. The maximum atomic E-state index is 10.8. The summed E-state index contributed by atoms with van der Waals surface area (Å²) in [5.74, 6) is -0.930. The molecule has 2 aromatic rings. The highest BCUT2D eigenvalue weighted by Crippen LogP contribution is 2.29. The molecule has 1 atom stereocenters. The van der Waals surface area contributed by atoms with Crippen molar-refractivity contribution in [2.24, 2.45) is 0 Å². The van der Waals surface area contributed by atoms with Crippen molar-refractivity contribution in [3.05, 3.63) is 30.2 Å². The van der Waals surface area contributed by atoms with Crippen molar-refractivity contribution in [3.8, 4) is 17.2 Å². The topological polar surface area (TPSA) is 85.5 Å². The summed E-state index contributed by atoms with van der Waals surface area (Å²) < 4.78 is 10.5. The molecule has 0 aliphatic carbocycles. The van der Waals surface area contributed by atoms with Gasteiger partial charge < -0.3 is 14.3 Å². The van der Waals surface area contributed by atoms with Gasteiger partial charge in [0.25, 0.3) is 5.89 Å². The van der Waals surface area contributed by atoms with E-state index in [0.717, 1.165) is 0 Å². The number of hydrogen-bond acceptors (Lipinski definition) is 5. The Morgan fingerprint density at radius 1 is 1.39 bits per heavy atom. The highest BCUT2D eigenvalue weighted by atomic mass is 16.5. The Kier molecular flexibility index (Phi) is 3.27. The van der Waals surface area contributed by atoms with Crippen LogP contribution in [0.1, 0.15) is 18.7 Å². The fourth-order valence-corrected chi connectivity index (χ4v) is 1.45. The van der Waals surface area contributed by atoms with E-state index in [4.69, 9.17) is 14.3 Å². The number of para-hydroxylation sites is 1. The fourth-order valence-electron chi connectivity index (χ4n) is 1.45. The zero-order chi connectivity index (χ0) is 13.1. The monoisotopic (exact) mass is 248 g/mol. The molecule has 18 heavy (non-hydrogen) atoms. The molecule has 6 nitrogen and oxygen atoms in total. The van der Waals surface area contributed by atoms with E-state index in [-0.39, 0.29) is 11.8 Å². The van der Waals surface area contributed by atoms with E-state index >= 15 is 0 Å². The second kappa shape index (κ2) is 4.87. The van der Waals surface area contributed by atoms with Crippen LogP contribution in [0.2, 0.25) is 0 Å². The first-order valence-corrected chi connectivity index (χ1v) is 5.33. The van der Waals surface area contributed by atoms with Gasteiger partial charge in [-0.05, 0) is 19.1 Å². The molecule has 1 heterocycles. The number of hydrogen-bond donors (Lipinski definition) is 1. The maximum absolute atomic E-state index is 10.8. The zero-order valence-electron chi connectivity index (χ0n) is 9.95. The predicted octanol–water partition coefficient (Wildman–Crippen LogP) is 1.93. The Bertz CT molecular complexity index is 565. The Hall–Kier alpha value is -2.37. The first-order chi connectivity index (χ1) is 8.63. The predicted molar refractivity (Wildman–Crippen MR) is 62.3 cm³/mol. The molecule has 1 N–H and O–H groups in total. The Labute approximate surface area is 103 Å². The summed E-state index contributed by atoms with van der Waals surface area (Å²) in [6.07, 6.45) is 0. The lowest BCUT2D eigenvalue weighted by atomic mass is 10.2. The molecule has 0 amide bonds. The minimum Gasteiger partial charge on any atom is -0.496 e. The molecule has 0 saturated heterocycles. The van der Waals surface area contributed by atoms with E-state index < -0.39 is 11.9 Å². The van der Waals surface area contributed by atoms with Crippen molar-refractivity contribution in [2.45, 2.75) is 12.8 Å². The molecule has 1 unspecified atom stereocenters. The molecular formula is C12H12N2O4. The van der Waals surface area contributed by atoms with Crippen LogP contribution in [-0.4, -0.2) is 28.4 Å². The molecule has 6 heteroatoms. The lowest BCUT2D eigenvalue weighted by Gasteiger charge is -2.03. The van der Waals surface area contributed by atoms with Gasteiger partial charge in [0.05, 0.1) is 12.7 Å². The first-order valence-electron chi connectivity index (χ1n) is 5.33. The van der Waals surface area contributed by atoms with Crippen LogP contribution in [0.4, 0.5) is 0 Å². The normalized spacial score (nSPS) is 12.1. The van der Waals surface area contributed by atoms with Gasteiger partial charge in [-0.1, -0.05) is 12.1 Å². The summed E-state index contributed by atoms with van der Waals surface area (Å²) in [6, 6.07) is 7.16. The molecule has 1 aromatic heterocycles. The van der Waals surface area contributed by atoms with Crippen LogP contribution in [0.5, 0.6) is 5.75 Å². The standard InChI is InChI=1S/C12H12N2O4/c1-7(12(15)16)10-13-14-11(18-10)8-5-3-4-6-9(8)17-2/h3-7H,1-2H3,(H,15,16). The van der Waals surface area contributed by atoms with Crippen molar-refractivity contribution in [1.29, 1.82) is 0 Å². The van der Waals surface area contributed by atoms with Crippen LogP contribution in [0.15, 0.2) is 28.7 Å². The molecule has 0 aliphatic rings. The van der Waals surface area contributed by atoms with Crippen molar-refractivity contribution in [1.82, 2.24) is 10.2 Å². The van der Waals surface area contributed by atoms with E-state index in [1.54, 1.807) is 12.1 Å². The second-order valence-electron chi connectivity index (χ2n) is 3.71. The molecule has 0 saturated carbocycles. The molecule has 1 aromatic carbocycles. The third kappa shape index (κ3) is 2.17. The van der Waals surface area contributed by atoms with E-state index in [9.17, 15) is 4.79 Å². The molecule has 94 valence electrons. The summed E-state index contributed by atoms with van der Waals surface area (Å²) in [5, 5.41) is 16.4. The quantitative estimate of drug-likeness (QED) is 0.889. The number of benzene rings is 1. The molecule has 0 aliphatic heterocycles. The number of methoxy groups -OCH3 is 1. The molecule has 0 fully saturated rings. The van der Waals surface area contributed by atoms with Gasteiger partial charge in [0, 0.05) is 0 Å². The third-order valence-corrected chi connectivity index (χ3v) is 2.52. The number of carboxylic acid groups (broad SMARTS) is 1. The average molecular weight is 248 g/mol. The average Bonchev–Trinajstić information content (AvgIpc) is 2.87. The summed E-state index contributed by atoms with van der Waals surface area (Å²) in [6.45, 7) is 1.49. The van der Waals surface area contributed by atoms with Crippen molar-refractivity contribution < 1.29 is 19.1 Å². The third-order valence-electron chi connectivity index (χ3n) is 2.52. The van der Waals surface area contributed by atoms with E-state index in [1.807, 2.05) is 12.1 Å². The van der Waals surface area contributed by atoms with Gasteiger partial charge in [-0.15, -0.1) is 10.2 Å². The molecular weight excluding hydrogens is 236 g/mol. The highest BCUT2D eigenvalue weighted by molar-refractivity contribution is 5.74. The number of aliphatic carboxylic acids is 1. The number of rotatable bonds is 4. The summed E-state index contributed by atoms with van der Waals surface area (Å²) in [7, 11) is 1.54. The van der Waals surface area contributed by atoms with Crippen LogP contribution in [0, 0.1) is 0 Å². The Balaban J connectivity index is 2.38. The van der Waals surface area contributed by atoms with Crippen LogP contribution < -0.4 is 4.74 Å². The van der Waals surface area contributed by atoms with E-state index in [2.05, 4.69) is 10.2 Å². The number of aromatic nitrogens is 2. The largest absolute Gasteiger partial charge is 0.496 e. The van der Waals surface area contributed by atoms with Gasteiger partial charge in [0.1, 0.15) is 11.7 Å². The van der Waals surface area contributed by atoms with Gasteiger partial charge >= 0.3 is 5.97 Å². The lowest BCUT2D eigenvalue weighted by Crippen LogP contribution is -2.07. The fraction of sp³-hybridized carbons (Fsp3) is 0.250. The minimum absolute atomic E-state index is 0.0726. The smallest absolute Gasteiger partial charge is 0.315 e. The number of nitrogens with zero attached hydrogens (tertiary/aromatic N) is 2. The van der Waals surface area contributed by atoms with Crippen molar-refractivity contribution in [2.75, 3.05) is 7.11 Å². The first kappa shape index (κ1) is 12.1. The van der Waals surface area contributed by atoms with Gasteiger partial charge in [0.2, 0.25) is 5.89 Å². The van der Waals surface area contributed by atoms with Crippen molar-refractivity contribution >= 4 is 5.97 Å². The van der Waals surface area contributed by atoms with Gasteiger partial charge in [-0.25, -0.2) is 0 Å². The molecule has 0 bridgehead atoms. The summed E-state index contributed by atoms with van der Waals surface area (Å²) >= 11 is 0. The summed E-state index contributed by atoms with van der Waals surface area (Å²) in [5.41, 5.74) is 0.635. The van der Waals surface area contributed by atoms with E-state index in [0.29, 0.717) is 11.3 Å². The SMILES string of the molecule is COc1ccccc1-c1nnc(C(C)C(=O)O)o1. The van der Waals surface area contributed by atoms with Crippen LogP contribution >= 0.6 is 0 Å². The van der Waals surface area contributed by atoms with Crippen LogP contribution in [0.25, 0.3) is 11.5 Å². The van der Waals surface area contributed by atoms with Crippen molar-refractivity contribution in [3.63, 3.8) is 0 Å². The molecule has 2 rings (SSSR count). The maximum Gasteiger partial charge on any atom is 0.315 e. The number of ether oxygens (including phenoxy) is 1. The van der Waals surface area contributed by atoms with Gasteiger partial charge in [-0.3, -0.25) is 4.79 Å². The molecule has 0 radical (unpaired) electrons. The van der Waals surface area contributed by atoms with Crippen LogP contribution in [-0.2, 0) is 4.79 Å². The van der Waals surface area contributed by atoms with E-state index in [1.165, 1.54) is 14.0 Å². The highest BCUT2D eigenvalue weighted by Gasteiger charge is 2.22.